The van der Waals surface area contributed by atoms with E-state index in [0.717, 1.165) is 10.0 Å². The monoisotopic (exact) mass is 322 g/mol. The highest BCUT2D eigenvalue weighted by Gasteiger charge is 2.06. The van der Waals surface area contributed by atoms with Crippen LogP contribution in [0.2, 0.25) is 0 Å². The number of rotatable bonds is 4. The normalized spacial score (nSPS) is 10.4. The first-order valence-electron chi connectivity index (χ1n) is 5.88. The Morgan fingerprint density at radius 1 is 1.53 bits per heavy atom. The van der Waals surface area contributed by atoms with E-state index < -0.39 is 0 Å². The van der Waals surface area contributed by atoms with Crippen molar-refractivity contribution in [3.63, 3.8) is 0 Å². The third-order valence-electron chi connectivity index (χ3n) is 2.70. The van der Waals surface area contributed by atoms with Crippen LogP contribution in [0.15, 0.2) is 35.1 Å². The molecule has 3 N–H and O–H groups in total. The smallest absolute Gasteiger partial charge is 0.251 e. The van der Waals surface area contributed by atoms with E-state index in [2.05, 4.69) is 26.3 Å². The molecule has 0 bridgehead atoms. The molecule has 1 amide bonds. The molecule has 6 heteroatoms. The number of aryl methyl sites for hydroxylation is 1. The Kier molecular flexibility index (Phi) is 4.21. The molecule has 1 heterocycles. The number of nitrogens with two attached hydrogens (primary N) is 1. The standard InChI is InChI=1S/C13H15BrN4O/c1-9-6-10(2-3-12(9)14)13(19)16-4-5-18-8-11(15)7-17-18/h2-3,6-8H,4-5,15H2,1H3,(H,16,19). The van der Waals surface area contributed by atoms with Crippen LogP contribution >= 0.6 is 15.9 Å². The summed E-state index contributed by atoms with van der Waals surface area (Å²) in [7, 11) is 0. The topological polar surface area (TPSA) is 72.9 Å². The molecule has 0 fully saturated rings. The van der Waals surface area contributed by atoms with Gasteiger partial charge in [-0.2, -0.15) is 5.10 Å². The Labute approximate surface area is 119 Å². The SMILES string of the molecule is Cc1cc(C(=O)NCCn2cc(N)cn2)ccc1Br. The summed E-state index contributed by atoms with van der Waals surface area (Å²) in [6.07, 6.45) is 3.32. The van der Waals surface area contributed by atoms with Crippen molar-refractivity contribution in [1.29, 1.82) is 0 Å². The van der Waals surface area contributed by atoms with Crippen LogP contribution in [-0.4, -0.2) is 22.2 Å². The van der Waals surface area contributed by atoms with Crippen LogP contribution < -0.4 is 11.1 Å². The van der Waals surface area contributed by atoms with Gasteiger partial charge >= 0.3 is 0 Å². The number of amides is 1. The number of hydrogen-bond donors (Lipinski definition) is 2. The third-order valence-corrected chi connectivity index (χ3v) is 3.59. The van der Waals surface area contributed by atoms with Crippen LogP contribution in [0.4, 0.5) is 5.69 Å². The van der Waals surface area contributed by atoms with Gasteiger partial charge in [0.15, 0.2) is 0 Å². The zero-order chi connectivity index (χ0) is 13.8. The lowest BCUT2D eigenvalue weighted by atomic mass is 10.1. The lowest BCUT2D eigenvalue weighted by Gasteiger charge is -2.07. The Morgan fingerprint density at radius 3 is 2.95 bits per heavy atom. The summed E-state index contributed by atoms with van der Waals surface area (Å²) in [5.74, 6) is -0.0873. The minimum atomic E-state index is -0.0873. The van der Waals surface area contributed by atoms with Crippen molar-refractivity contribution in [2.45, 2.75) is 13.5 Å². The van der Waals surface area contributed by atoms with Crippen molar-refractivity contribution < 1.29 is 4.79 Å². The summed E-state index contributed by atoms with van der Waals surface area (Å²) in [6, 6.07) is 5.52. The summed E-state index contributed by atoms with van der Waals surface area (Å²) in [5, 5.41) is 6.89. The molecule has 2 aromatic rings. The van der Waals surface area contributed by atoms with Crippen LogP contribution in [0.25, 0.3) is 0 Å². The lowest BCUT2D eigenvalue weighted by molar-refractivity contribution is 0.0952. The second-order valence-electron chi connectivity index (χ2n) is 4.26. The number of carbonyl (C=O) groups is 1. The van der Waals surface area contributed by atoms with Crippen LogP contribution in [0.5, 0.6) is 0 Å². The average molecular weight is 323 g/mol. The molecule has 0 unspecified atom stereocenters. The van der Waals surface area contributed by atoms with Crippen molar-refractivity contribution in [2.24, 2.45) is 0 Å². The van der Waals surface area contributed by atoms with Crippen LogP contribution in [0.3, 0.4) is 0 Å². The first kappa shape index (κ1) is 13.6. The number of nitrogens with one attached hydrogen (secondary N) is 1. The first-order chi connectivity index (χ1) is 9.06. The van der Waals surface area contributed by atoms with Crippen molar-refractivity contribution in [3.8, 4) is 0 Å². The maximum atomic E-state index is 11.9. The second kappa shape index (κ2) is 5.88. The van der Waals surface area contributed by atoms with E-state index in [1.165, 1.54) is 0 Å². The molecule has 0 spiro atoms. The number of nitrogen functional groups attached to an aromatic ring is 1. The fourth-order valence-electron chi connectivity index (χ4n) is 1.67. The largest absolute Gasteiger partial charge is 0.396 e. The van der Waals surface area contributed by atoms with E-state index in [1.54, 1.807) is 23.1 Å². The summed E-state index contributed by atoms with van der Waals surface area (Å²) in [6.45, 7) is 3.06. The molecular formula is C13H15BrN4O. The van der Waals surface area contributed by atoms with Gasteiger partial charge in [-0.25, -0.2) is 0 Å². The van der Waals surface area contributed by atoms with Crippen LogP contribution in [-0.2, 0) is 6.54 Å². The molecule has 5 nitrogen and oxygen atoms in total. The van der Waals surface area contributed by atoms with Gasteiger partial charge in [0.25, 0.3) is 5.91 Å². The van der Waals surface area contributed by atoms with Gasteiger partial charge in [0.2, 0.25) is 0 Å². The van der Waals surface area contributed by atoms with Gasteiger partial charge in [0, 0.05) is 22.8 Å². The number of carbonyl (C=O) groups excluding carboxylic acids is 1. The Morgan fingerprint density at radius 2 is 2.32 bits per heavy atom. The summed E-state index contributed by atoms with van der Waals surface area (Å²) in [5.41, 5.74) is 7.87. The third kappa shape index (κ3) is 3.57. The zero-order valence-electron chi connectivity index (χ0n) is 10.6. The van der Waals surface area contributed by atoms with E-state index in [1.807, 2.05) is 19.1 Å². The van der Waals surface area contributed by atoms with Gasteiger partial charge in [-0.05, 0) is 30.7 Å². The highest BCUT2D eigenvalue weighted by Crippen LogP contribution is 2.16. The van der Waals surface area contributed by atoms with Gasteiger partial charge in [-0.1, -0.05) is 15.9 Å². The van der Waals surface area contributed by atoms with Gasteiger partial charge in [0.1, 0.15) is 0 Å². The molecule has 100 valence electrons. The number of nitrogens with zero attached hydrogens (tertiary/aromatic N) is 2. The molecule has 2 rings (SSSR count). The molecule has 1 aromatic carbocycles. The number of aromatic nitrogens is 2. The number of hydrogen-bond acceptors (Lipinski definition) is 3. The Hall–Kier alpha value is -1.82. The Balaban J connectivity index is 1.89. The number of anilines is 1. The molecule has 0 aliphatic carbocycles. The summed E-state index contributed by atoms with van der Waals surface area (Å²) in [4.78, 5) is 11.9. The molecule has 0 atom stereocenters. The fraction of sp³-hybridized carbons (Fsp3) is 0.231. The van der Waals surface area contributed by atoms with E-state index in [9.17, 15) is 4.79 Å². The van der Waals surface area contributed by atoms with Gasteiger partial charge < -0.3 is 11.1 Å². The lowest BCUT2D eigenvalue weighted by Crippen LogP contribution is -2.27. The predicted octanol–water partition coefficient (Wildman–Crippen LogP) is 1.97. The van der Waals surface area contributed by atoms with Crippen LogP contribution in [0, 0.1) is 6.92 Å². The number of halogens is 1. The second-order valence-corrected chi connectivity index (χ2v) is 5.11. The number of benzene rings is 1. The van der Waals surface area contributed by atoms with Gasteiger partial charge in [-0.3, -0.25) is 9.48 Å². The molecule has 1 aromatic heterocycles. The molecule has 0 aliphatic heterocycles. The van der Waals surface area contributed by atoms with E-state index in [-0.39, 0.29) is 5.91 Å². The Bertz CT molecular complexity index is 594. The summed E-state index contributed by atoms with van der Waals surface area (Å²) < 4.78 is 2.69. The highest BCUT2D eigenvalue weighted by molar-refractivity contribution is 9.10. The minimum absolute atomic E-state index is 0.0873. The maximum absolute atomic E-state index is 11.9. The molecule has 0 aliphatic rings. The maximum Gasteiger partial charge on any atom is 0.251 e. The van der Waals surface area contributed by atoms with Crippen molar-refractivity contribution in [3.05, 3.63) is 46.2 Å². The molecule has 19 heavy (non-hydrogen) atoms. The average Bonchev–Trinajstić information content (AvgIpc) is 2.78. The zero-order valence-corrected chi connectivity index (χ0v) is 12.1. The fourth-order valence-corrected chi connectivity index (χ4v) is 1.92. The molecular weight excluding hydrogens is 308 g/mol. The quantitative estimate of drug-likeness (QED) is 0.903. The molecule has 0 radical (unpaired) electrons. The van der Waals surface area contributed by atoms with Crippen molar-refractivity contribution >= 4 is 27.5 Å². The van der Waals surface area contributed by atoms with Crippen molar-refractivity contribution in [2.75, 3.05) is 12.3 Å². The summed E-state index contributed by atoms with van der Waals surface area (Å²) >= 11 is 3.41. The first-order valence-corrected chi connectivity index (χ1v) is 6.68. The van der Waals surface area contributed by atoms with Crippen molar-refractivity contribution in [1.82, 2.24) is 15.1 Å². The van der Waals surface area contributed by atoms with E-state index >= 15 is 0 Å². The minimum Gasteiger partial charge on any atom is -0.396 e. The molecule has 0 saturated carbocycles. The van der Waals surface area contributed by atoms with Crippen LogP contribution in [0.1, 0.15) is 15.9 Å². The van der Waals surface area contributed by atoms with E-state index in [0.29, 0.717) is 24.3 Å². The molecule has 0 saturated heterocycles. The highest BCUT2D eigenvalue weighted by atomic mass is 79.9. The van der Waals surface area contributed by atoms with Gasteiger partial charge in [-0.15, -0.1) is 0 Å². The predicted molar refractivity (Wildman–Crippen MR) is 77.9 cm³/mol. The van der Waals surface area contributed by atoms with Gasteiger partial charge in [0.05, 0.1) is 18.4 Å². The van der Waals surface area contributed by atoms with E-state index in [4.69, 9.17) is 5.73 Å².